The van der Waals surface area contributed by atoms with Crippen LogP contribution in [0.25, 0.3) is 11.4 Å². The summed E-state index contributed by atoms with van der Waals surface area (Å²) >= 11 is 0. The van der Waals surface area contributed by atoms with E-state index < -0.39 is 0 Å². The van der Waals surface area contributed by atoms with Gasteiger partial charge in [-0.15, -0.1) is 0 Å². The molecule has 1 amide bonds. The molecular weight excluding hydrogens is 366 g/mol. The highest BCUT2D eigenvalue weighted by atomic mass is 16.5. The first-order valence-corrected chi connectivity index (χ1v) is 10.2. The van der Waals surface area contributed by atoms with Crippen LogP contribution < -0.4 is 9.64 Å². The van der Waals surface area contributed by atoms with Gasteiger partial charge in [-0.2, -0.15) is 4.98 Å². The van der Waals surface area contributed by atoms with Gasteiger partial charge in [0.1, 0.15) is 5.75 Å². The van der Waals surface area contributed by atoms with E-state index in [0.717, 1.165) is 49.9 Å². The molecule has 1 aliphatic heterocycles. The normalized spacial score (nSPS) is 13.2. The van der Waals surface area contributed by atoms with Crippen LogP contribution in [-0.4, -0.2) is 29.2 Å². The average molecular weight is 391 g/mol. The molecule has 4 rings (SSSR count). The van der Waals surface area contributed by atoms with Crippen molar-refractivity contribution >= 4 is 11.6 Å². The van der Waals surface area contributed by atoms with Crippen LogP contribution in [0, 0.1) is 0 Å². The Morgan fingerprint density at radius 1 is 1.17 bits per heavy atom. The van der Waals surface area contributed by atoms with Crippen LogP contribution in [-0.2, 0) is 17.6 Å². The molecule has 1 aromatic heterocycles. The minimum absolute atomic E-state index is 0.0110. The lowest BCUT2D eigenvalue weighted by Gasteiger charge is -2.29. The van der Waals surface area contributed by atoms with Gasteiger partial charge in [0.15, 0.2) is 6.61 Å². The predicted molar refractivity (Wildman–Crippen MR) is 111 cm³/mol. The molecular formula is C23H25N3O3. The van der Waals surface area contributed by atoms with Crippen LogP contribution in [0.4, 0.5) is 5.69 Å². The minimum atomic E-state index is -0.0278. The quantitative estimate of drug-likeness (QED) is 0.596. The highest BCUT2D eigenvalue weighted by Gasteiger charge is 2.22. The van der Waals surface area contributed by atoms with E-state index in [-0.39, 0.29) is 12.5 Å². The fourth-order valence-corrected chi connectivity index (χ4v) is 3.52. The van der Waals surface area contributed by atoms with E-state index in [1.165, 1.54) is 5.56 Å². The summed E-state index contributed by atoms with van der Waals surface area (Å²) in [5.41, 5.74) is 3.08. The number of para-hydroxylation sites is 1. The van der Waals surface area contributed by atoms with E-state index in [4.69, 9.17) is 9.26 Å². The van der Waals surface area contributed by atoms with Gasteiger partial charge in [0.05, 0.1) is 0 Å². The maximum atomic E-state index is 12.7. The second-order valence-electron chi connectivity index (χ2n) is 7.21. The number of benzene rings is 2. The molecule has 6 heteroatoms. The number of aromatic nitrogens is 2. The summed E-state index contributed by atoms with van der Waals surface area (Å²) in [5, 5.41) is 4.04. The molecule has 0 N–H and O–H groups in total. The first-order chi connectivity index (χ1) is 14.2. The first-order valence-electron chi connectivity index (χ1n) is 10.2. The third kappa shape index (κ3) is 4.47. The van der Waals surface area contributed by atoms with Gasteiger partial charge in [0, 0.05) is 24.2 Å². The summed E-state index contributed by atoms with van der Waals surface area (Å²) < 4.78 is 11.0. The summed E-state index contributed by atoms with van der Waals surface area (Å²) in [5.74, 6) is 1.85. The van der Waals surface area contributed by atoms with Crippen molar-refractivity contribution in [3.63, 3.8) is 0 Å². The third-order valence-electron chi connectivity index (χ3n) is 5.10. The molecule has 0 bridgehead atoms. The number of unbranched alkanes of at least 4 members (excludes halogenated alkanes) is 1. The van der Waals surface area contributed by atoms with Crippen molar-refractivity contribution in [1.82, 2.24) is 10.1 Å². The van der Waals surface area contributed by atoms with Crippen LogP contribution >= 0.6 is 0 Å². The molecule has 0 saturated heterocycles. The highest BCUT2D eigenvalue weighted by Crippen LogP contribution is 2.27. The fourth-order valence-electron chi connectivity index (χ4n) is 3.52. The lowest BCUT2D eigenvalue weighted by atomic mass is 10.0. The molecule has 0 unspecified atom stereocenters. The van der Waals surface area contributed by atoms with Crippen LogP contribution in [0.2, 0.25) is 0 Å². The van der Waals surface area contributed by atoms with Gasteiger partial charge in [0.2, 0.25) is 11.7 Å². The summed E-state index contributed by atoms with van der Waals surface area (Å²) in [4.78, 5) is 18.9. The molecule has 1 aliphatic rings. The number of rotatable bonds is 7. The van der Waals surface area contributed by atoms with Crippen LogP contribution in [0.1, 0.15) is 37.6 Å². The third-order valence-corrected chi connectivity index (χ3v) is 5.10. The van der Waals surface area contributed by atoms with E-state index in [1.807, 2.05) is 47.4 Å². The number of carbonyl (C=O) groups is 1. The number of hydrogen-bond acceptors (Lipinski definition) is 5. The summed E-state index contributed by atoms with van der Waals surface area (Å²) in [6.45, 7) is 2.87. The van der Waals surface area contributed by atoms with Crippen molar-refractivity contribution < 1.29 is 14.1 Å². The molecule has 150 valence electrons. The van der Waals surface area contributed by atoms with E-state index >= 15 is 0 Å². The Kier molecular flexibility index (Phi) is 5.89. The van der Waals surface area contributed by atoms with Gasteiger partial charge >= 0.3 is 0 Å². The zero-order valence-electron chi connectivity index (χ0n) is 16.6. The monoisotopic (exact) mass is 391 g/mol. The molecule has 0 saturated carbocycles. The molecule has 0 spiro atoms. The minimum Gasteiger partial charge on any atom is -0.484 e. The summed E-state index contributed by atoms with van der Waals surface area (Å²) in [7, 11) is 0. The Hall–Kier alpha value is -3.15. The Morgan fingerprint density at radius 3 is 2.83 bits per heavy atom. The molecule has 2 aromatic carbocycles. The van der Waals surface area contributed by atoms with Crippen LogP contribution in [0.3, 0.4) is 0 Å². The SMILES string of the molecule is CCCCc1nc(-c2ccc(OCC(=O)N3CCCc4ccccc43)cc2)no1. The number of hydrogen-bond donors (Lipinski definition) is 0. The number of aryl methyl sites for hydroxylation is 2. The van der Waals surface area contributed by atoms with Gasteiger partial charge in [-0.25, -0.2) is 0 Å². The Labute approximate surface area is 170 Å². The van der Waals surface area contributed by atoms with Gasteiger partial charge in [0.25, 0.3) is 5.91 Å². The van der Waals surface area contributed by atoms with Crippen LogP contribution in [0.15, 0.2) is 53.1 Å². The average Bonchev–Trinajstić information content (AvgIpc) is 3.25. The highest BCUT2D eigenvalue weighted by molar-refractivity contribution is 5.95. The van der Waals surface area contributed by atoms with Gasteiger partial charge in [-0.3, -0.25) is 4.79 Å². The lowest BCUT2D eigenvalue weighted by Crippen LogP contribution is -2.38. The van der Waals surface area contributed by atoms with E-state index in [2.05, 4.69) is 23.1 Å². The van der Waals surface area contributed by atoms with Gasteiger partial charge in [-0.05, 0) is 55.2 Å². The zero-order chi connectivity index (χ0) is 20.1. The second-order valence-corrected chi connectivity index (χ2v) is 7.21. The number of amides is 1. The molecule has 0 radical (unpaired) electrons. The molecule has 2 heterocycles. The second kappa shape index (κ2) is 8.90. The Bertz CT molecular complexity index is 966. The molecule has 29 heavy (non-hydrogen) atoms. The molecule has 0 aliphatic carbocycles. The molecule has 6 nitrogen and oxygen atoms in total. The smallest absolute Gasteiger partial charge is 0.264 e. The van der Waals surface area contributed by atoms with E-state index in [1.54, 1.807) is 0 Å². The Morgan fingerprint density at radius 2 is 2.00 bits per heavy atom. The zero-order valence-corrected chi connectivity index (χ0v) is 16.6. The number of nitrogens with zero attached hydrogens (tertiary/aromatic N) is 3. The molecule has 3 aromatic rings. The largest absolute Gasteiger partial charge is 0.484 e. The van der Waals surface area contributed by atoms with E-state index in [9.17, 15) is 4.79 Å². The van der Waals surface area contributed by atoms with Crippen molar-refractivity contribution in [2.75, 3.05) is 18.1 Å². The summed E-state index contributed by atoms with van der Waals surface area (Å²) in [6.07, 6.45) is 4.91. The van der Waals surface area contributed by atoms with Crippen molar-refractivity contribution in [3.8, 4) is 17.1 Å². The molecule has 0 fully saturated rings. The lowest BCUT2D eigenvalue weighted by molar-refractivity contribution is -0.120. The number of anilines is 1. The van der Waals surface area contributed by atoms with Crippen molar-refractivity contribution in [1.29, 1.82) is 0 Å². The van der Waals surface area contributed by atoms with Crippen molar-refractivity contribution in [2.24, 2.45) is 0 Å². The first kappa shape index (κ1) is 19.2. The predicted octanol–water partition coefficient (Wildman–Crippen LogP) is 4.44. The topological polar surface area (TPSA) is 68.5 Å². The standard InChI is InChI=1S/C23H25N3O3/c1-2-3-10-21-24-23(25-29-21)18-11-13-19(14-12-18)28-16-22(27)26-15-6-8-17-7-4-5-9-20(17)26/h4-5,7,9,11-14H,2-3,6,8,10,15-16H2,1H3. The Balaban J connectivity index is 1.36. The fraction of sp³-hybridized carbons (Fsp3) is 0.348. The summed E-state index contributed by atoms with van der Waals surface area (Å²) in [6, 6.07) is 15.5. The maximum absolute atomic E-state index is 12.7. The molecule has 0 atom stereocenters. The van der Waals surface area contributed by atoms with Crippen molar-refractivity contribution in [3.05, 3.63) is 60.0 Å². The number of carbonyl (C=O) groups excluding carboxylic acids is 1. The van der Waals surface area contributed by atoms with E-state index in [0.29, 0.717) is 17.5 Å². The van der Waals surface area contributed by atoms with Crippen LogP contribution in [0.5, 0.6) is 5.75 Å². The van der Waals surface area contributed by atoms with Gasteiger partial charge < -0.3 is 14.2 Å². The maximum Gasteiger partial charge on any atom is 0.264 e. The number of ether oxygens (including phenoxy) is 1. The number of fused-ring (bicyclic) bond motifs is 1. The van der Waals surface area contributed by atoms with Gasteiger partial charge in [-0.1, -0.05) is 36.7 Å². The van der Waals surface area contributed by atoms with Crippen molar-refractivity contribution in [2.45, 2.75) is 39.0 Å².